The molecule has 1 saturated carbocycles. The molecule has 70 valence electrons. The van der Waals surface area contributed by atoms with E-state index in [9.17, 15) is 13.2 Å². The van der Waals surface area contributed by atoms with E-state index in [0.717, 1.165) is 6.26 Å². The summed E-state index contributed by atoms with van der Waals surface area (Å²) in [7, 11) is -3.39. The molecule has 0 N–H and O–H groups in total. The van der Waals surface area contributed by atoms with Crippen LogP contribution in [0.5, 0.6) is 0 Å². The van der Waals surface area contributed by atoms with Crippen molar-refractivity contribution in [2.45, 2.75) is 13.3 Å². The number of Topliss-reactive ketones (excluding diaryl/α,β-unsaturated/α-hetero) is 1. The topological polar surface area (TPSA) is 60.4 Å². The van der Waals surface area contributed by atoms with E-state index in [-0.39, 0.29) is 24.2 Å². The second-order valence-electron chi connectivity index (χ2n) is 3.24. The van der Waals surface area contributed by atoms with Crippen molar-refractivity contribution in [1.29, 1.82) is 0 Å². The highest BCUT2D eigenvalue weighted by molar-refractivity contribution is 7.85. The number of hydrogen-bond acceptors (Lipinski definition) is 4. The maximum absolute atomic E-state index is 10.9. The lowest BCUT2D eigenvalue weighted by Crippen LogP contribution is -2.38. The summed E-state index contributed by atoms with van der Waals surface area (Å²) in [6.07, 6.45) is 1.54. The number of ketones is 1. The molecule has 5 heteroatoms. The van der Waals surface area contributed by atoms with Crippen molar-refractivity contribution in [1.82, 2.24) is 0 Å². The highest BCUT2D eigenvalue weighted by Crippen LogP contribution is 2.30. The van der Waals surface area contributed by atoms with Crippen molar-refractivity contribution in [2.24, 2.45) is 11.8 Å². The minimum Gasteiger partial charge on any atom is -0.299 e. The van der Waals surface area contributed by atoms with Gasteiger partial charge in [0, 0.05) is 12.3 Å². The Kier molecular flexibility index (Phi) is 2.53. The monoisotopic (exact) mass is 192 g/mol. The van der Waals surface area contributed by atoms with Crippen LogP contribution < -0.4 is 0 Å². The molecule has 1 rings (SSSR count). The Morgan fingerprint density at radius 3 is 2.50 bits per heavy atom. The van der Waals surface area contributed by atoms with Crippen molar-refractivity contribution in [2.75, 3.05) is 12.9 Å². The second-order valence-corrected chi connectivity index (χ2v) is 4.89. The van der Waals surface area contributed by atoms with Gasteiger partial charge in [0.25, 0.3) is 10.1 Å². The molecule has 0 bridgehead atoms. The van der Waals surface area contributed by atoms with E-state index < -0.39 is 10.1 Å². The lowest BCUT2D eigenvalue weighted by atomic mass is 9.74. The molecule has 0 spiro atoms. The Morgan fingerprint density at radius 1 is 1.58 bits per heavy atom. The fraction of sp³-hybridized carbons (Fsp3) is 0.857. The molecule has 0 aromatic rings. The quantitative estimate of drug-likeness (QED) is 0.599. The van der Waals surface area contributed by atoms with Crippen LogP contribution in [-0.4, -0.2) is 27.1 Å². The lowest BCUT2D eigenvalue weighted by Gasteiger charge is -2.31. The average Bonchev–Trinajstić information content (AvgIpc) is 1.84. The second kappa shape index (κ2) is 3.14. The molecule has 12 heavy (non-hydrogen) atoms. The molecule has 0 aromatic heterocycles. The molecule has 4 nitrogen and oxygen atoms in total. The SMILES string of the molecule is CC1CC(=O)C1COS(C)(=O)=O. The van der Waals surface area contributed by atoms with Gasteiger partial charge in [-0.2, -0.15) is 8.42 Å². The van der Waals surface area contributed by atoms with Gasteiger partial charge in [0.05, 0.1) is 12.9 Å². The molecule has 0 aromatic carbocycles. The minimum atomic E-state index is -3.39. The van der Waals surface area contributed by atoms with Gasteiger partial charge in [0.15, 0.2) is 0 Å². The van der Waals surface area contributed by atoms with E-state index in [0.29, 0.717) is 6.42 Å². The molecule has 1 aliphatic carbocycles. The summed E-state index contributed by atoms with van der Waals surface area (Å²) in [5.41, 5.74) is 0. The van der Waals surface area contributed by atoms with Crippen molar-refractivity contribution in [3.63, 3.8) is 0 Å². The first-order valence-corrected chi connectivity index (χ1v) is 5.59. The van der Waals surface area contributed by atoms with E-state index in [2.05, 4.69) is 4.18 Å². The van der Waals surface area contributed by atoms with Crippen molar-refractivity contribution >= 4 is 15.9 Å². The van der Waals surface area contributed by atoms with Crippen molar-refractivity contribution in [3.05, 3.63) is 0 Å². The van der Waals surface area contributed by atoms with Gasteiger partial charge in [0.1, 0.15) is 5.78 Å². The van der Waals surface area contributed by atoms with Crippen molar-refractivity contribution in [3.8, 4) is 0 Å². The van der Waals surface area contributed by atoms with Crippen molar-refractivity contribution < 1.29 is 17.4 Å². The lowest BCUT2D eigenvalue weighted by molar-refractivity contribution is -0.134. The summed E-state index contributed by atoms with van der Waals surface area (Å²) in [5, 5.41) is 0. The van der Waals surface area contributed by atoms with E-state index in [1.807, 2.05) is 6.92 Å². The van der Waals surface area contributed by atoms with Crippen LogP contribution in [0.4, 0.5) is 0 Å². The molecule has 0 radical (unpaired) electrons. The number of hydrogen-bond donors (Lipinski definition) is 0. The molecule has 2 unspecified atom stereocenters. The van der Waals surface area contributed by atoms with E-state index >= 15 is 0 Å². The van der Waals surface area contributed by atoms with Crippen LogP contribution in [0, 0.1) is 11.8 Å². The molecule has 0 saturated heterocycles. The zero-order chi connectivity index (χ0) is 9.35. The Morgan fingerprint density at radius 2 is 2.17 bits per heavy atom. The van der Waals surface area contributed by atoms with Crippen LogP contribution in [0.15, 0.2) is 0 Å². The normalized spacial score (nSPS) is 30.0. The van der Waals surface area contributed by atoms with Gasteiger partial charge >= 0.3 is 0 Å². The van der Waals surface area contributed by atoms with Crippen LogP contribution >= 0.6 is 0 Å². The zero-order valence-corrected chi connectivity index (χ0v) is 7.93. The Balaban J connectivity index is 2.38. The predicted molar refractivity (Wildman–Crippen MR) is 43.1 cm³/mol. The number of rotatable bonds is 3. The summed E-state index contributed by atoms with van der Waals surface area (Å²) < 4.78 is 25.6. The van der Waals surface area contributed by atoms with E-state index in [4.69, 9.17) is 0 Å². The van der Waals surface area contributed by atoms with Crippen LogP contribution in [0.2, 0.25) is 0 Å². The van der Waals surface area contributed by atoms with Gasteiger partial charge < -0.3 is 0 Å². The Bertz CT molecular complexity index is 280. The molecule has 1 aliphatic rings. The molecule has 0 aliphatic heterocycles. The molecule has 2 atom stereocenters. The van der Waals surface area contributed by atoms with Gasteiger partial charge in [-0.1, -0.05) is 6.92 Å². The van der Waals surface area contributed by atoms with Crippen LogP contribution in [-0.2, 0) is 19.1 Å². The standard InChI is InChI=1S/C7H12O4S/c1-5-3-7(8)6(5)4-11-12(2,9)10/h5-6H,3-4H2,1-2H3. The maximum atomic E-state index is 10.9. The Hall–Kier alpha value is -0.420. The van der Waals surface area contributed by atoms with E-state index in [1.54, 1.807) is 0 Å². The molecule has 0 amide bonds. The summed E-state index contributed by atoms with van der Waals surface area (Å²) in [5.74, 6) is 0.158. The fourth-order valence-electron chi connectivity index (χ4n) is 1.22. The number of carbonyl (C=O) groups excluding carboxylic acids is 1. The first-order valence-electron chi connectivity index (χ1n) is 3.77. The van der Waals surface area contributed by atoms with Gasteiger partial charge in [-0.15, -0.1) is 0 Å². The largest absolute Gasteiger partial charge is 0.299 e. The third-order valence-electron chi connectivity index (χ3n) is 2.09. The highest BCUT2D eigenvalue weighted by atomic mass is 32.2. The van der Waals surface area contributed by atoms with Crippen LogP contribution in [0.1, 0.15) is 13.3 Å². The van der Waals surface area contributed by atoms with Crippen LogP contribution in [0.25, 0.3) is 0 Å². The fourth-order valence-corrected chi connectivity index (χ4v) is 1.62. The van der Waals surface area contributed by atoms with Gasteiger partial charge in [-0.05, 0) is 5.92 Å². The average molecular weight is 192 g/mol. The highest BCUT2D eigenvalue weighted by Gasteiger charge is 2.36. The maximum Gasteiger partial charge on any atom is 0.264 e. The van der Waals surface area contributed by atoms with Gasteiger partial charge in [-0.25, -0.2) is 0 Å². The molecule has 0 heterocycles. The number of carbonyl (C=O) groups is 1. The molecular formula is C7H12O4S. The Labute approximate surface area is 72.0 Å². The minimum absolute atomic E-state index is 0.0127. The van der Waals surface area contributed by atoms with E-state index in [1.165, 1.54) is 0 Å². The molecular weight excluding hydrogens is 180 g/mol. The molecule has 1 fully saturated rings. The summed E-state index contributed by atoms with van der Waals surface area (Å²) >= 11 is 0. The summed E-state index contributed by atoms with van der Waals surface area (Å²) in [4.78, 5) is 10.9. The van der Waals surface area contributed by atoms with Gasteiger partial charge in [-0.3, -0.25) is 8.98 Å². The van der Waals surface area contributed by atoms with Gasteiger partial charge in [0.2, 0.25) is 0 Å². The summed E-state index contributed by atoms with van der Waals surface area (Å²) in [6.45, 7) is 1.93. The third-order valence-corrected chi connectivity index (χ3v) is 2.65. The summed E-state index contributed by atoms with van der Waals surface area (Å²) in [6, 6.07) is 0. The smallest absolute Gasteiger partial charge is 0.264 e. The third kappa shape index (κ3) is 2.28. The van der Waals surface area contributed by atoms with Crippen LogP contribution in [0.3, 0.4) is 0 Å². The predicted octanol–water partition coefficient (Wildman–Crippen LogP) is 0.188. The zero-order valence-electron chi connectivity index (χ0n) is 7.11. The first kappa shape index (κ1) is 9.67. The first-order chi connectivity index (χ1) is 5.40.